The van der Waals surface area contributed by atoms with E-state index in [1.807, 2.05) is 71.7 Å². The minimum Gasteiger partial charge on any atom is -0.871 e. The van der Waals surface area contributed by atoms with Gasteiger partial charge in [0.15, 0.2) is 11.5 Å². The molecule has 1 aliphatic carbocycles. The van der Waals surface area contributed by atoms with Crippen LogP contribution in [0.25, 0.3) is 5.57 Å². The van der Waals surface area contributed by atoms with E-state index in [1.54, 1.807) is 36.4 Å². The Balaban J connectivity index is 0.000000202. The third-order valence-electron chi connectivity index (χ3n) is 12.8. The number of nitrogens with zero attached hydrogens (tertiary/aromatic N) is 4. The molecule has 2 aliphatic heterocycles. The van der Waals surface area contributed by atoms with Crippen molar-refractivity contribution >= 4 is 51.8 Å². The zero-order valence-electron chi connectivity index (χ0n) is 40.2. The lowest BCUT2D eigenvalue weighted by Crippen LogP contribution is -2.33. The van der Waals surface area contributed by atoms with Crippen LogP contribution in [0, 0.1) is 0 Å². The number of carboxylic acids is 2. The standard InChI is InChI=1S/C27H28N2O4.C12H15N.C11H15NO3.C4H2O4/c1-5-29(15-14-23(30)31)18-12-10-17(11-13-18)24-25(32)19(26(24)33)16-22-27(2,3)20-8-6-7-9-21(20)28(22)4;1-9-12(2,3)10-7-5-6-8-11(10)13(9)4;1-2-12(7-6-11(14)15)9-4-3-5-10(13)8-9;5-1-2(6)4(8)3(1)7/h6-13,16H,5,14-15H2,1-4H3,(H-,30,31,32,33);5-8H,1H2,2-4H3;3-5,8,13H,2,6-7H2,1H3,(H,14,15);5-6H. The summed E-state index contributed by atoms with van der Waals surface area (Å²) in [5.41, 5.74) is 7.49. The van der Waals surface area contributed by atoms with Gasteiger partial charge in [-0.1, -0.05) is 80.8 Å². The summed E-state index contributed by atoms with van der Waals surface area (Å²) >= 11 is 0. The lowest BCUT2D eigenvalue weighted by molar-refractivity contribution is -0.401. The number of hydrogen-bond acceptors (Lipinski definition) is 12. The minimum atomic E-state index is -1.01. The normalized spacial score (nSPS) is 15.5. The molecule has 0 fully saturated rings. The van der Waals surface area contributed by atoms with E-state index in [0.717, 1.165) is 29.3 Å². The van der Waals surface area contributed by atoms with Gasteiger partial charge in [0.1, 0.15) is 12.8 Å². The number of allylic oxidation sites excluding steroid dienone is 4. The number of para-hydroxylation sites is 2. The second kappa shape index (κ2) is 21.3. The molecule has 0 atom stereocenters. The number of carboxylic acid groups (broad SMARTS) is 2. The Bertz CT molecular complexity index is 2910. The molecule has 362 valence electrons. The molecule has 69 heavy (non-hydrogen) atoms. The summed E-state index contributed by atoms with van der Waals surface area (Å²) < 4.78 is 2.05. The smallest absolute Gasteiger partial charge is 0.305 e. The molecule has 5 aromatic rings. The van der Waals surface area contributed by atoms with Crippen LogP contribution in [0.4, 0.5) is 22.7 Å². The fraction of sp³-hybridized carbons (Fsp3) is 0.296. The second-order valence-electron chi connectivity index (χ2n) is 17.7. The molecule has 0 unspecified atom stereocenters. The van der Waals surface area contributed by atoms with E-state index >= 15 is 0 Å². The van der Waals surface area contributed by atoms with Crippen molar-refractivity contribution in [1.29, 1.82) is 0 Å². The highest BCUT2D eigenvalue weighted by Crippen LogP contribution is 2.46. The predicted molar refractivity (Wildman–Crippen MR) is 267 cm³/mol. The van der Waals surface area contributed by atoms with Gasteiger partial charge in [-0.15, -0.1) is 0 Å². The maximum atomic E-state index is 13.0. The van der Waals surface area contributed by atoms with Gasteiger partial charge >= 0.3 is 11.9 Å². The maximum Gasteiger partial charge on any atom is 0.305 e. The Morgan fingerprint density at radius 3 is 1.72 bits per heavy atom. The quantitative estimate of drug-likeness (QED) is 0.0506. The van der Waals surface area contributed by atoms with Gasteiger partial charge in [-0.3, -0.25) is 24.0 Å². The number of phenolic OH excluding ortho intramolecular Hbond substituents is 1. The van der Waals surface area contributed by atoms with Gasteiger partial charge in [-0.05, 0) is 69.2 Å². The van der Waals surface area contributed by atoms with Crippen molar-refractivity contribution in [3.05, 3.63) is 164 Å². The van der Waals surface area contributed by atoms with Crippen molar-refractivity contribution in [3.63, 3.8) is 0 Å². The molecule has 8 rings (SSSR count). The van der Waals surface area contributed by atoms with Crippen LogP contribution in [-0.2, 0) is 25.2 Å². The Labute approximate surface area is 401 Å². The van der Waals surface area contributed by atoms with E-state index in [-0.39, 0.29) is 52.1 Å². The number of Topliss-reactive ketones (excluding diaryl/α,β-unsaturated/α-hetero) is 1. The van der Waals surface area contributed by atoms with Gasteiger partial charge in [-0.25, -0.2) is 0 Å². The number of hydrogen-bond donors (Lipinski definition) is 5. The molecule has 0 aromatic heterocycles. The van der Waals surface area contributed by atoms with Crippen LogP contribution in [0.1, 0.15) is 71.1 Å². The van der Waals surface area contributed by atoms with E-state index in [2.05, 4.69) is 76.6 Å². The van der Waals surface area contributed by atoms with Gasteiger partial charge in [0, 0.05) is 96.3 Å². The number of aromatic hydroxyl groups is 3. The zero-order valence-corrected chi connectivity index (χ0v) is 40.2. The number of fused-ring (bicyclic) bond motifs is 2. The van der Waals surface area contributed by atoms with Crippen molar-refractivity contribution in [3.8, 4) is 17.2 Å². The molecule has 0 spiro atoms. The van der Waals surface area contributed by atoms with E-state index in [9.17, 15) is 34.2 Å². The van der Waals surface area contributed by atoms with E-state index in [0.29, 0.717) is 25.2 Å². The van der Waals surface area contributed by atoms with Crippen LogP contribution in [-0.4, -0.2) is 93.8 Å². The number of rotatable bonds is 12. The van der Waals surface area contributed by atoms with Crippen molar-refractivity contribution < 1.29 is 49.6 Å². The van der Waals surface area contributed by atoms with Crippen molar-refractivity contribution in [1.82, 2.24) is 0 Å². The maximum absolute atomic E-state index is 13.0. The van der Waals surface area contributed by atoms with E-state index in [1.165, 1.54) is 22.5 Å². The lowest BCUT2D eigenvalue weighted by atomic mass is 9.77. The third kappa shape index (κ3) is 10.9. The number of benzene rings is 4. The Hall–Kier alpha value is -7.94. The molecule has 0 saturated heterocycles. The Kier molecular flexibility index (Phi) is 16.1. The molecular weight excluding hydrogens is 881 g/mol. The molecule has 3 aliphatic rings. The summed E-state index contributed by atoms with van der Waals surface area (Å²) in [5.74, 6) is -3.58. The SMILES string of the molecule is C=C1N(C)c2ccccc2C1(C)C.CCN(CCC(=O)O)c1ccc(C2=C([O-])C(=CC3=[N+](C)c4ccccc4C3(C)C)C2=O)cc1.CCN(CCC(=O)O)c1cccc(O)c1.O=c1c(O)c(O)c1=O. The van der Waals surface area contributed by atoms with Crippen LogP contribution >= 0.6 is 0 Å². The first-order valence-corrected chi connectivity index (χ1v) is 22.4. The number of anilines is 3. The highest BCUT2D eigenvalue weighted by Gasteiger charge is 2.44. The second-order valence-corrected chi connectivity index (χ2v) is 17.7. The van der Waals surface area contributed by atoms with Crippen molar-refractivity contribution in [2.24, 2.45) is 0 Å². The van der Waals surface area contributed by atoms with Crippen LogP contribution < -0.4 is 30.7 Å². The summed E-state index contributed by atoms with van der Waals surface area (Å²) in [7, 11) is 4.04. The number of phenols is 1. The number of carbonyl (C=O) groups excluding carboxylic acids is 1. The van der Waals surface area contributed by atoms with Crippen LogP contribution in [0.5, 0.6) is 17.2 Å². The molecule has 15 nitrogen and oxygen atoms in total. The van der Waals surface area contributed by atoms with Crippen LogP contribution in [0.2, 0.25) is 0 Å². The molecule has 5 aromatic carbocycles. The average Bonchev–Trinajstić information content (AvgIpc) is 3.64. The fourth-order valence-electron chi connectivity index (χ4n) is 8.51. The minimum absolute atomic E-state index is 0.0472. The molecule has 0 bridgehead atoms. The van der Waals surface area contributed by atoms with Gasteiger partial charge in [0.05, 0.1) is 18.3 Å². The Morgan fingerprint density at radius 1 is 0.725 bits per heavy atom. The summed E-state index contributed by atoms with van der Waals surface area (Å²) in [5, 5.41) is 56.2. The topological polar surface area (TPSA) is 222 Å². The highest BCUT2D eigenvalue weighted by molar-refractivity contribution is 6.40. The summed E-state index contributed by atoms with van der Waals surface area (Å²) in [6.45, 7) is 18.9. The first-order chi connectivity index (χ1) is 32.5. The molecule has 0 radical (unpaired) electrons. The number of likely N-dealkylation sites (N-methyl/N-ethyl adjacent to an activating group) is 1. The lowest BCUT2D eigenvalue weighted by Gasteiger charge is -2.31. The van der Waals surface area contributed by atoms with Gasteiger partial charge in [0.2, 0.25) is 17.2 Å². The number of ketones is 1. The molecule has 0 amide bonds. The Morgan fingerprint density at radius 2 is 1.25 bits per heavy atom. The van der Waals surface area contributed by atoms with Gasteiger partial charge in [-0.2, -0.15) is 4.58 Å². The van der Waals surface area contributed by atoms with Crippen LogP contribution in [0.15, 0.2) is 136 Å². The third-order valence-corrected chi connectivity index (χ3v) is 12.8. The van der Waals surface area contributed by atoms with Crippen molar-refractivity contribution in [2.75, 3.05) is 55.0 Å². The molecule has 15 heteroatoms. The van der Waals surface area contributed by atoms with Gasteiger partial charge in [0.25, 0.3) is 10.9 Å². The number of aliphatic carboxylic acids is 2. The van der Waals surface area contributed by atoms with Crippen molar-refractivity contribution in [2.45, 2.75) is 65.2 Å². The first kappa shape index (κ1) is 52.0. The highest BCUT2D eigenvalue weighted by atomic mass is 16.4. The molecular formula is C54H60N4O11. The van der Waals surface area contributed by atoms with E-state index in [4.69, 9.17) is 20.4 Å². The van der Waals surface area contributed by atoms with Gasteiger partial charge < -0.3 is 45.3 Å². The first-order valence-electron chi connectivity index (χ1n) is 22.4. The fourth-order valence-corrected chi connectivity index (χ4v) is 8.51. The zero-order chi connectivity index (χ0) is 51.1. The number of carbonyl (C=O) groups is 3. The molecule has 2 heterocycles. The summed E-state index contributed by atoms with van der Waals surface area (Å²) in [4.78, 5) is 60.2. The summed E-state index contributed by atoms with van der Waals surface area (Å²) in [6, 6.07) is 30.6. The molecule has 0 saturated carbocycles. The summed E-state index contributed by atoms with van der Waals surface area (Å²) in [6.07, 6.45) is 1.89. The average molecular weight is 941 g/mol. The monoisotopic (exact) mass is 940 g/mol. The molecule has 5 N–H and O–H groups in total. The predicted octanol–water partition coefficient (Wildman–Crippen LogP) is 6.59. The van der Waals surface area contributed by atoms with Crippen LogP contribution in [0.3, 0.4) is 0 Å². The largest absolute Gasteiger partial charge is 0.871 e. The van der Waals surface area contributed by atoms with E-state index < -0.39 is 34.3 Å².